The van der Waals surface area contributed by atoms with Crippen LogP contribution < -0.4 is 15.2 Å². The Hall–Kier alpha value is -2.05. The van der Waals surface area contributed by atoms with E-state index in [4.69, 9.17) is 15.2 Å². The molecule has 0 spiro atoms. The molecule has 3 rings (SSSR count). The highest BCUT2D eigenvalue weighted by Crippen LogP contribution is 2.26. The maximum absolute atomic E-state index is 5.80. The predicted molar refractivity (Wildman–Crippen MR) is 99.0 cm³/mol. The Morgan fingerprint density at radius 2 is 2.08 bits per heavy atom. The van der Waals surface area contributed by atoms with Crippen LogP contribution in [0.4, 0.5) is 5.13 Å². The van der Waals surface area contributed by atoms with Crippen LogP contribution in [0.3, 0.4) is 0 Å². The molecule has 0 atom stereocenters. The average Bonchev–Trinajstić information content (AvgIpc) is 2.86. The number of nitrogens with zero attached hydrogens (tertiary/aromatic N) is 2. The number of hydrogen-bond acceptors (Lipinski definition) is 6. The van der Waals surface area contributed by atoms with Crippen LogP contribution in [0.5, 0.6) is 11.5 Å². The fourth-order valence-electron chi connectivity index (χ4n) is 2.90. The number of hydrogen-bond donors (Lipinski definition) is 1. The number of nitrogen functional groups attached to an aromatic ring is 1. The summed E-state index contributed by atoms with van der Waals surface area (Å²) in [6.07, 6.45) is 6.30. The molecule has 0 unspecified atom stereocenters. The monoisotopic (exact) mass is 345 g/mol. The van der Waals surface area contributed by atoms with E-state index in [1.165, 1.54) is 10.6 Å². The fourth-order valence-corrected chi connectivity index (χ4v) is 3.76. The Bertz CT molecular complexity index is 702. The summed E-state index contributed by atoms with van der Waals surface area (Å²) in [6, 6.07) is 5.86. The molecule has 2 N–H and O–H groups in total. The summed E-state index contributed by atoms with van der Waals surface area (Å²) in [7, 11) is 3.34. The number of methoxy groups -OCH3 is 2. The highest BCUT2D eigenvalue weighted by atomic mass is 32.1. The molecule has 0 aliphatic carbocycles. The number of fused-ring (bicyclic) bond motifs is 1. The van der Waals surface area contributed by atoms with Gasteiger partial charge in [-0.25, -0.2) is 4.98 Å². The van der Waals surface area contributed by atoms with Gasteiger partial charge in [-0.05, 0) is 18.6 Å². The van der Waals surface area contributed by atoms with Crippen LogP contribution in [0.1, 0.15) is 16.1 Å². The molecule has 0 saturated carbocycles. The zero-order chi connectivity index (χ0) is 16.9. The van der Waals surface area contributed by atoms with Crippen LogP contribution in [0.2, 0.25) is 0 Å². The second kappa shape index (κ2) is 7.68. The second-order valence-electron chi connectivity index (χ2n) is 5.73. The second-order valence-corrected chi connectivity index (χ2v) is 6.85. The first-order chi connectivity index (χ1) is 11.7. The van der Waals surface area contributed by atoms with Gasteiger partial charge < -0.3 is 15.2 Å². The third kappa shape index (κ3) is 3.88. The van der Waals surface area contributed by atoms with Crippen molar-refractivity contribution in [3.63, 3.8) is 0 Å². The van der Waals surface area contributed by atoms with Crippen molar-refractivity contribution in [2.75, 3.05) is 39.6 Å². The molecule has 2 heterocycles. The molecular weight excluding hydrogens is 322 g/mol. The third-order valence-electron chi connectivity index (χ3n) is 4.22. The molecule has 0 bridgehead atoms. The van der Waals surface area contributed by atoms with E-state index in [0.29, 0.717) is 5.13 Å². The number of aromatic nitrogens is 1. The van der Waals surface area contributed by atoms with Gasteiger partial charge in [-0.3, -0.25) is 4.90 Å². The smallest absolute Gasteiger partial charge is 0.180 e. The van der Waals surface area contributed by atoms with Gasteiger partial charge >= 0.3 is 0 Å². The first-order valence-corrected chi connectivity index (χ1v) is 8.86. The van der Waals surface area contributed by atoms with Gasteiger partial charge in [0.1, 0.15) is 11.5 Å². The Kier molecular flexibility index (Phi) is 5.37. The molecule has 1 aromatic carbocycles. The van der Waals surface area contributed by atoms with Crippen molar-refractivity contribution in [3.8, 4) is 11.5 Å². The van der Waals surface area contributed by atoms with E-state index >= 15 is 0 Å². The van der Waals surface area contributed by atoms with Crippen LogP contribution in [0, 0.1) is 0 Å². The number of thiazole rings is 1. The molecule has 5 nitrogen and oxygen atoms in total. The average molecular weight is 345 g/mol. The summed E-state index contributed by atoms with van der Waals surface area (Å²) in [4.78, 5) is 8.22. The standard InChI is InChI=1S/C18H23N3O2S/c1-22-14-6-5-13(16(12-14)23-2)4-3-9-21-10-7-15-17(8-11-21)24-18(19)20-15/h3-6,12H,7-11H2,1-2H3,(H2,19,20). The van der Waals surface area contributed by atoms with Gasteiger partial charge in [0.15, 0.2) is 5.13 Å². The maximum Gasteiger partial charge on any atom is 0.180 e. The zero-order valence-electron chi connectivity index (χ0n) is 14.1. The highest BCUT2D eigenvalue weighted by molar-refractivity contribution is 7.15. The zero-order valence-corrected chi connectivity index (χ0v) is 14.9. The molecule has 2 aromatic rings. The normalized spacial score (nSPS) is 15.2. The molecule has 6 heteroatoms. The van der Waals surface area contributed by atoms with Crippen LogP contribution in [0.15, 0.2) is 24.3 Å². The van der Waals surface area contributed by atoms with Gasteiger partial charge in [-0.2, -0.15) is 0 Å². The van der Waals surface area contributed by atoms with Gasteiger partial charge in [0.2, 0.25) is 0 Å². The minimum Gasteiger partial charge on any atom is -0.497 e. The van der Waals surface area contributed by atoms with E-state index < -0.39 is 0 Å². The van der Waals surface area contributed by atoms with Crippen molar-refractivity contribution < 1.29 is 9.47 Å². The Morgan fingerprint density at radius 1 is 1.25 bits per heavy atom. The van der Waals surface area contributed by atoms with Crippen molar-refractivity contribution in [3.05, 3.63) is 40.4 Å². The molecule has 1 aliphatic rings. The van der Waals surface area contributed by atoms with E-state index in [-0.39, 0.29) is 0 Å². The van der Waals surface area contributed by atoms with Crippen LogP contribution in [0.25, 0.3) is 6.08 Å². The van der Waals surface area contributed by atoms with E-state index in [1.807, 2.05) is 18.2 Å². The Balaban J connectivity index is 1.60. The molecule has 0 fully saturated rings. The Labute approximate surface area is 146 Å². The molecule has 24 heavy (non-hydrogen) atoms. The number of ether oxygens (including phenoxy) is 2. The highest BCUT2D eigenvalue weighted by Gasteiger charge is 2.16. The third-order valence-corrected chi connectivity index (χ3v) is 5.20. The molecule has 1 aliphatic heterocycles. The Morgan fingerprint density at radius 3 is 2.88 bits per heavy atom. The van der Waals surface area contributed by atoms with Crippen molar-refractivity contribution in [1.29, 1.82) is 0 Å². The predicted octanol–water partition coefficient (Wildman–Crippen LogP) is 2.86. The molecular formula is C18H23N3O2S. The summed E-state index contributed by atoms with van der Waals surface area (Å²) in [5.74, 6) is 1.62. The largest absolute Gasteiger partial charge is 0.497 e. The van der Waals surface area contributed by atoms with Crippen molar-refractivity contribution in [1.82, 2.24) is 9.88 Å². The van der Waals surface area contributed by atoms with Gasteiger partial charge in [-0.1, -0.05) is 12.2 Å². The topological polar surface area (TPSA) is 60.6 Å². The minimum atomic E-state index is 0.694. The first kappa shape index (κ1) is 16.8. The van der Waals surface area contributed by atoms with Crippen molar-refractivity contribution >= 4 is 22.5 Å². The lowest BCUT2D eigenvalue weighted by Gasteiger charge is -2.17. The maximum atomic E-state index is 5.80. The summed E-state index contributed by atoms with van der Waals surface area (Å²) in [5, 5.41) is 0.694. The number of benzene rings is 1. The fraction of sp³-hybridized carbons (Fsp3) is 0.389. The van der Waals surface area contributed by atoms with E-state index in [1.54, 1.807) is 25.6 Å². The van der Waals surface area contributed by atoms with Gasteiger partial charge in [0.25, 0.3) is 0 Å². The van der Waals surface area contributed by atoms with Gasteiger partial charge in [-0.15, -0.1) is 11.3 Å². The van der Waals surface area contributed by atoms with Crippen LogP contribution in [-0.2, 0) is 12.8 Å². The lowest BCUT2D eigenvalue weighted by atomic mass is 10.1. The number of anilines is 1. The van der Waals surface area contributed by atoms with E-state index in [2.05, 4.69) is 22.0 Å². The van der Waals surface area contributed by atoms with Gasteiger partial charge in [0, 0.05) is 42.6 Å². The summed E-state index contributed by atoms with van der Waals surface area (Å²) < 4.78 is 10.7. The van der Waals surface area contributed by atoms with E-state index in [0.717, 1.165) is 49.5 Å². The van der Waals surface area contributed by atoms with Gasteiger partial charge in [0.05, 0.1) is 19.9 Å². The lowest BCUT2D eigenvalue weighted by Crippen LogP contribution is -2.26. The molecule has 128 valence electrons. The number of rotatable bonds is 5. The van der Waals surface area contributed by atoms with Crippen LogP contribution >= 0.6 is 11.3 Å². The number of nitrogens with two attached hydrogens (primary N) is 1. The molecule has 0 amide bonds. The van der Waals surface area contributed by atoms with E-state index in [9.17, 15) is 0 Å². The SMILES string of the molecule is COc1ccc(C=CCN2CCc3nc(N)sc3CC2)c(OC)c1. The minimum absolute atomic E-state index is 0.694. The summed E-state index contributed by atoms with van der Waals surface area (Å²) in [5.41, 5.74) is 8.04. The quantitative estimate of drug-likeness (QED) is 0.903. The van der Waals surface area contributed by atoms with Crippen molar-refractivity contribution in [2.45, 2.75) is 12.8 Å². The first-order valence-electron chi connectivity index (χ1n) is 8.04. The van der Waals surface area contributed by atoms with Crippen LogP contribution in [-0.4, -0.2) is 43.7 Å². The van der Waals surface area contributed by atoms with Crippen molar-refractivity contribution in [2.24, 2.45) is 0 Å². The molecule has 1 aromatic heterocycles. The summed E-state index contributed by atoms with van der Waals surface area (Å²) in [6.45, 7) is 2.97. The lowest BCUT2D eigenvalue weighted by molar-refractivity contribution is 0.318. The molecule has 0 saturated heterocycles. The summed E-state index contributed by atoms with van der Waals surface area (Å²) >= 11 is 1.63. The molecule has 0 radical (unpaired) electrons.